The maximum absolute atomic E-state index is 13.0. The number of allylic oxidation sites excluding steroid dienone is 2. The lowest BCUT2D eigenvalue weighted by Gasteiger charge is -2.37. The molecule has 2 aliphatic rings. The minimum absolute atomic E-state index is 0.204. The third-order valence-electron chi connectivity index (χ3n) is 6.06. The number of carbonyl (C=O) groups is 1. The number of benzene rings is 1. The monoisotopic (exact) mass is 431 g/mol. The van der Waals surface area contributed by atoms with Gasteiger partial charge in [-0.25, -0.2) is 0 Å². The van der Waals surface area contributed by atoms with Crippen LogP contribution < -0.4 is 15.5 Å². The average Bonchev–Trinajstić information content (AvgIpc) is 2.70. The zero-order chi connectivity index (χ0) is 21.8. The number of halogens is 1. The molecule has 0 spiro atoms. The van der Waals surface area contributed by atoms with Crippen LogP contribution in [0.3, 0.4) is 0 Å². The van der Waals surface area contributed by atoms with E-state index in [9.17, 15) is 9.70 Å². The Labute approximate surface area is 183 Å². The van der Waals surface area contributed by atoms with E-state index in [2.05, 4.69) is 22.5 Å². The Bertz CT molecular complexity index is 887. The fraction of sp³-hybridized carbons (Fsp3) is 0.522. The van der Waals surface area contributed by atoms with Gasteiger partial charge in [-0.2, -0.15) is 0 Å². The summed E-state index contributed by atoms with van der Waals surface area (Å²) >= 11 is 6.42. The highest BCUT2D eigenvalue weighted by molar-refractivity contribution is 6.31. The number of anilines is 1. The molecule has 3 rings (SSSR count). The van der Waals surface area contributed by atoms with Crippen LogP contribution in [-0.4, -0.2) is 48.9 Å². The minimum atomic E-state index is -0.390. The molecule has 1 amide bonds. The van der Waals surface area contributed by atoms with Crippen molar-refractivity contribution in [3.63, 3.8) is 0 Å². The predicted molar refractivity (Wildman–Crippen MR) is 122 cm³/mol. The first-order valence-corrected chi connectivity index (χ1v) is 11.1. The Morgan fingerprint density at radius 3 is 2.60 bits per heavy atom. The summed E-state index contributed by atoms with van der Waals surface area (Å²) in [7, 11) is 0. The fourth-order valence-corrected chi connectivity index (χ4v) is 4.67. The summed E-state index contributed by atoms with van der Waals surface area (Å²) in [6, 6.07) is 3.72. The highest BCUT2D eigenvalue weighted by Crippen LogP contribution is 2.31. The Balaban J connectivity index is 1.79. The van der Waals surface area contributed by atoms with E-state index in [1.807, 2.05) is 32.9 Å². The summed E-state index contributed by atoms with van der Waals surface area (Å²) in [5.41, 5.74) is 4.35. The van der Waals surface area contributed by atoms with Crippen LogP contribution in [0.4, 0.5) is 5.69 Å². The van der Waals surface area contributed by atoms with E-state index in [0.717, 1.165) is 59.6 Å². The quantitative estimate of drug-likeness (QED) is 0.669. The normalized spacial score (nSPS) is 19.9. The zero-order valence-corrected chi connectivity index (χ0v) is 19.1. The van der Waals surface area contributed by atoms with Crippen LogP contribution in [0.2, 0.25) is 5.02 Å². The Morgan fingerprint density at radius 1 is 1.27 bits per heavy atom. The summed E-state index contributed by atoms with van der Waals surface area (Å²) in [6.45, 7) is 11.0. The number of nitrogens with zero attached hydrogens (tertiary/aromatic N) is 2. The van der Waals surface area contributed by atoms with Gasteiger partial charge in [0.05, 0.1) is 6.54 Å². The van der Waals surface area contributed by atoms with Gasteiger partial charge in [-0.1, -0.05) is 11.6 Å². The SMILES string of the molecule is CCN(c1cc(Cl)cc(C(=O)NCC2C(C)=CC(C)=C[N+]2=O)c1C)C1CCNCC1. The molecule has 30 heavy (non-hydrogen) atoms. The number of piperidine rings is 1. The zero-order valence-electron chi connectivity index (χ0n) is 18.3. The van der Waals surface area contributed by atoms with Gasteiger partial charge in [0.2, 0.25) is 12.2 Å². The van der Waals surface area contributed by atoms with Crippen molar-refractivity contribution >= 4 is 23.2 Å². The molecule has 0 radical (unpaired) electrons. The van der Waals surface area contributed by atoms with Gasteiger partial charge in [-0.3, -0.25) is 4.79 Å². The Morgan fingerprint density at radius 2 is 1.97 bits per heavy atom. The van der Waals surface area contributed by atoms with Crippen molar-refractivity contribution in [1.82, 2.24) is 10.6 Å². The maximum atomic E-state index is 13.0. The third-order valence-corrected chi connectivity index (χ3v) is 6.28. The molecule has 1 atom stereocenters. The number of hydrogen-bond acceptors (Lipinski definition) is 4. The largest absolute Gasteiger partial charge is 0.368 e. The van der Waals surface area contributed by atoms with Crippen LogP contribution in [0.5, 0.6) is 0 Å². The number of rotatable bonds is 6. The first-order chi connectivity index (χ1) is 14.3. The fourth-order valence-electron chi connectivity index (χ4n) is 4.46. The van der Waals surface area contributed by atoms with Gasteiger partial charge < -0.3 is 15.5 Å². The summed E-state index contributed by atoms with van der Waals surface area (Å²) in [5, 5.41) is 6.89. The summed E-state index contributed by atoms with van der Waals surface area (Å²) in [5.74, 6) is -0.204. The van der Waals surface area contributed by atoms with E-state index >= 15 is 0 Å². The Kier molecular flexibility index (Phi) is 7.32. The lowest BCUT2D eigenvalue weighted by molar-refractivity contribution is -0.511. The van der Waals surface area contributed by atoms with Gasteiger partial charge in [-0.15, -0.1) is 0 Å². The van der Waals surface area contributed by atoms with Crippen LogP contribution in [0, 0.1) is 11.8 Å². The molecule has 0 bridgehead atoms. The second-order valence-corrected chi connectivity index (χ2v) is 8.65. The number of nitroso groups, excluding NO2 is 1. The molecule has 1 fully saturated rings. The Hall–Kier alpha value is -2.18. The van der Waals surface area contributed by atoms with Crippen LogP contribution in [0.1, 0.15) is 49.5 Å². The molecule has 162 valence electrons. The molecule has 0 aliphatic carbocycles. The molecule has 1 aromatic carbocycles. The molecule has 2 heterocycles. The van der Waals surface area contributed by atoms with Crippen LogP contribution >= 0.6 is 11.6 Å². The summed E-state index contributed by atoms with van der Waals surface area (Å²) < 4.78 is 0.914. The van der Waals surface area contributed by atoms with E-state index in [1.54, 1.807) is 12.3 Å². The highest BCUT2D eigenvalue weighted by atomic mass is 35.5. The van der Waals surface area contributed by atoms with Gasteiger partial charge in [0.25, 0.3) is 5.91 Å². The molecule has 2 N–H and O–H groups in total. The number of amides is 1. The van der Waals surface area contributed by atoms with Crippen molar-refractivity contribution in [2.24, 2.45) is 0 Å². The first-order valence-electron chi connectivity index (χ1n) is 10.7. The molecule has 1 saturated heterocycles. The second kappa shape index (κ2) is 9.75. The molecule has 7 heteroatoms. The van der Waals surface area contributed by atoms with Crippen LogP contribution in [0.15, 0.2) is 35.6 Å². The first kappa shape index (κ1) is 22.5. The number of carbonyl (C=O) groups excluding carboxylic acids is 1. The number of hydrogen-bond donors (Lipinski definition) is 2. The topological polar surface area (TPSA) is 64.5 Å². The second-order valence-electron chi connectivity index (χ2n) is 8.21. The third kappa shape index (κ3) is 4.93. The van der Waals surface area contributed by atoms with Crippen molar-refractivity contribution in [3.8, 4) is 0 Å². The van der Waals surface area contributed by atoms with Crippen molar-refractivity contribution in [2.75, 3.05) is 31.1 Å². The highest BCUT2D eigenvalue weighted by Gasteiger charge is 2.30. The summed E-state index contributed by atoms with van der Waals surface area (Å²) in [6.07, 6.45) is 5.68. The van der Waals surface area contributed by atoms with Crippen LogP contribution in [0.25, 0.3) is 0 Å². The van der Waals surface area contributed by atoms with Gasteiger partial charge >= 0.3 is 0 Å². The van der Waals surface area contributed by atoms with Gasteiger partial charge in [0.1, 0.15) is 0 Å². The van der Waals surface area contributed by atoms with Gasteiger partial charge in [-0.05, 0) is 77.4 Å². The smallest absolute Gasteiger partial charge is 0.251 e. The lowest BCUT2D eigenvalue weighted by Crippen LogP contribution is -2.43. The minimum Gasteiger partial charge on any atom is -0.368 e. The van der Waals surface area contributed by atoms with E-state index in [1.165, 1.54) is 0 Å². The molecule has 2 aliphatic heterocycles. The molecular formula is C23H32ClN4O2+. The van der Waals surface area contributed by atoms with E-state index < -0.39 is 6.04 Å². The average molecular weight is 432 g/mol. The molecular weight excluding hydrogens is 400 g/mol. The maximum Gasteiger partial charge on any atom is 0.251 e. The van der Waals surface area contributed by atoms with E-state index in [0.29, 0.717) is 16.6 Å². The van der Waals surface area contributed by atoms with Crippen molar-refractivity contribution in [3.05, 3.63) is 56.6 Å². The molecule has 1 aromatic rings. The molecule has 0 saturated carbocycles. The van der Waals surface area contributed by atoms with E-state index in [-0.39, 0.29) is 12.5 Å². The molecule has 0 aromatic heterocycles. The molecule has 1 unspecified atom stereocenters. The number of nitrogens with one attached hydrogen (secondary N) is 2. The summed E-state index contributed by atoms with van der Waals surface area (Å²) in [4.78, 5) is 27.6. The predicted octanol–water partition coefficient (Wildman–Crippen LogP) is 3.97. The van der Waals surface area contributed by atoms with E-state index in [4.69, 9.17) is 11.6 Å². The van der Waals surface area contributed by atoms with Crippen molar-refractivity contribution < 1.29 is 9.55 Å². The molecule has 6 nitrogen and oxygen atoms in total. The lowest BCUT2D eigenvalue weighted by atomic mass is 9.99. The van der Waals surface area contributed by atoms with Crippen molar-refractivity contribution in [2.45, 2.75) is 52.6 Å². The van der Waals surface area contributed by atoms with Gasteiger partial charge in [0.15, 0.2) is 0 Å². The van der Waals surface area contributed by atoms with Gasteiger partial charge in [0, 0.05) is 49.7 Å². The van der Waals surface area contributed by atoms with Crippen molar-refractivity contribution in [1.29, 1.82) is 0 Å². The standard InChI is InChI=1S/C23H31ClN4O2/c1-5-27(19-6-8-25-9-7-19)21-12-18(24)11-20(17(21)4)23(29)26-13-22-16(3)10-15(2)14-28(22)30/h10-12,14,19,22,25H,5-9,13H2,1-4H3/p+1. The van der Waals surface area contributed by atoms with Crippen LogP contribution in [-0.2, 0) is 0 Å².